The largest absolute Gasteiger partial charge is 0.497 e. The van der Waals surface area contributed by atoms with Gasteiger partial charge in [0.25, 0.3) is 5.91 Å². The molecular formula is C19H23NO3. The Labute approximate surface area is 137 Å². The normalized spacial score (nSPS) is 11.7. The van der Waals surface area contributed by atoms with Gasteiger partial charge in [-0.1, -0.05) is 24.6 Å². The summed E-state index contributed by atoms with van der Waals surface area (Å²) in [7, 11) is 1.61. The molecule has 0 aliphatic heterocycles. The Balaban J connectivity index is 2.05. The summed E-state index contributed by atoms with van der Waals surface area (Å²) in [6.45, 7) is 5.93. The van der Waals surface area contributed by atoms with Crippen LogP contribution in [0.25, 0.3) is 0 Å². The van der Waals surface area contributed by atoms with Crippen LogP contribution in [0.1, 0.15) is 24.5 Å². The summed E-state index contributed by atoms with van der Waals surface area (Å²) < 4.78 is 10.9. The van der Waals surface area contributed by atoms with Gasteiger partial charge in [0.2, 0.25) is 0 Å². The van der Waals surface area contributed by atoms with E-state index in [2.05, 4.69) is 5.32 Å². The van der Waals surface area contributed by atoms with E-state index in [-0.39, 0.29) is 5.91 Å². The highest BCUT2D eigenvalue weighted by Gasteiger charge is 2.19. The monoisotopic (exact) mass is 313 g/mol. The van der Waals surface area contributed by atoms with E-state index in [4.69, 9.17) is 9.47 Å². The zero-order valence-corrected chi connectivity index (χ0v) is 14.1. The molecule has 0 aliphatic rings. The third-order valence-corrected chi connectivity index (χ3v) is 3.64. The van der Waals surface area contributed by atoms with Gasteiger partial charge in [-0.15, -0.1) is 0 Å². The van der Waals surface area contributed by atoms with Crippen LogP contribution in [0.3, 0.4) is 0 Å². The van der Waals surface area contributed by atoms with Crippen LogP contribution in [0, 0.1) is 13.8 Å². The maximum absolute atomic E-state index is 12.4. The summed E-state index contributed by atoms with van der Waals surface area (Å²) in [5, 5.41) is 2.94. The van der Waals surface area contributed by atoms with Crippen molar-refractivity contribution in [2.45, 2.75) is 33.3 Å². The Hall–Kier alpha value is -2.49. The molecule has 0 unspecified atom stereocenters. The number of amides is 1. The number of methoxy groups -OCH3 is 1. The predicted octanol–water partition coefficient (Wildman–Crippen LogP) is 4.11. The predicted molar refractivity (Wildman–Crippen MR) is 92.2 cm³/mol. The lowest BCUT2D eigenvalue weighted by Crippen LogP contribution is -2.32. The fraction of sp³-hybridized carbons (Fsp3) is 0.316. The van der Waals surface area contributed by atoms with Crippen LogP contribution < -0.4 is 14.8 Å². The quantitative estimate of drug-likeness (QED) is 0.873. The van der Waals surface area contributed by atoms with Crippen LogP contribution in [0.4, 0.5) is 5.69 Å². The third-order valence-electron chi connectivity index (χ3n) is 3.64. The number of carbonyl (C=O) groups is 1. The summed E-state index contributed by atoms with van der Waals surface area (Å²) >= 11 is 0. The topological polar surface area (TPSA) is 47.6 Å². The molecule has 4 nitrogen and oxygen atoms in total. The van der Waals surface area contributed by atoms with Gasteiger partial charge >= 0.3 is 0 Å². The van der Waals surface area contributed by atoms with E-state index in [1.165, 1.54) is 5.56 Å². The molecule has 0 fully saturated rings. The summed E-state index contributed by atoms with van der Waals surface area (Å²) in [4.78, 5) is 12.4. The molecule has 0 heterocycles. The molecule has 122 valence electrons. The Morgan fingerprint density at radius 2 is 1.74 bits per heavy atom. The van der Waals surface area contributed by atoms with Crippen molar-refractivity contribution in [3.8, 4) is 11.5 Å². The van der Waals surface area contributed by atoms with Crippen molar-refractivity contribution in [3.63, 3.8) is 0 Å². The first kappa shape index (κ1) is 16.9. The summed E-state index contributed by atoms with van der Waals surface area (Å²) in [6, 6.07) is 13.2. The zero-order valence-electron chi connectivity index (χ0n) is 14.1. The van der Waals surface area contributed by atoms with E-state index in [9.17, 15) is 4.79 Å². The van der Waals surface area contributed by atoms with Crippen LogP contribution in [0.5, 0.6) is 11.5 Å². The Kier molecular flexibility index (Phi) is 5.63. The molecule has 0 bridgehead atoms. The average Bonchev–Trinajstić information content (AvgIpc) is 2.55. The number of hydrogen-bond acceptors (Lipinski definition) is 3. The molecule has 0 spiro atoms. The first-order valence-corrected chi connectivity index (χ1v) is 7.72. The Bertz CT molecular complexity index is 665. The highest BCUT2D eigenvalue weighted by atomic mass is 16.5. The van der Waals surface area contributed by atoms with E-state index >= 15 is 0 Å². The summed E-state index contributed by atoms with van der Waals surface area (Å²) in [6.07, 6.45) is 0.0482. The van der Waals surface area contributed by atoms with E-state index in [1.54, 1.807) is 19.2 Å². The number of carbonyl (C=O) groups excluding carboxylic acids is 1. The molecule has 0 aliphatic carbocycles. The highest BCUT2D eigenvalue weighted by Crippen LogP contribution is 2.20. The van der Waals surface area contributed by atoms with Crippen molar-refractivity contribution >= 4 is 11.6 Å². The SMILES string of the molecule is CC[C@H](Oc1ccc(OC)cc1)C(=O)Nc1ccc(C)cc1C. The number of anilines is 1. The summed E-state index contributed by atoms with van der Waals surface area (Å²) in [5.41, 5.74) is 3.03. The van der Waals surface area contributed by atoms with Crippen molar-refractivity contribution in [3.05, 3.63) is 53.6 Å². The molecule has 23 heavy (non-hydrogen) atoms. The van der Waals surface area contributed by atoms with Crippen LogP contribution in [0.2, 0.25) is 0 Å². The molecule has 4 heteroatoms. The number of hydrogen-bond donors (Lipinski definition) is 1. The lowest BCUT2D eigenvalue weighted by Gasteiger charge is -2.18. The Morgan fingerprint density at radius 3 is 2.30 bits per heavy atom. The van der Waals surface area contributed by atoms with Crippen molar-refractivity contribution in [1.82, 2.24) is 0 Å². The minimum Gasteiger partial charge on any atom is -0.497 e. The van der Waals surface area contributed by atoms with Crippen molar-refractivity contribution in [2.24, 2.45) is 0 Å². The van der Waals surface area contributed by atoms with Gasteiger partial charge in [0.1, 0.15) is 11.5 Å². The van der Waals surface area contributed by atoms with E-state index in [1.807, 2.05) is 51.1 Å². The number of aryl methyl sites for hydroxylation is 2. The molecule has 1 atom stereocenters. The second-order valence-corrected chi connectivity index (χ2v) is 5.50. The van der Waals surface area contributed by atoms with Crippen molar-refractivity contribution in [2.75, 3.05) is 12.4 Å². The molecule has 2 aromatic carbocycles. The lowest BCUT2D eigenvalue weighted by molar-refractivity contribution is -0.122. The van der Waals surface area contributed by atoms with Crippen LogP contribution in [-0.2, 0) is 4.79 Å². The number of nitrogens with one attached hydrogen (secondary N) is 1. The zero-order chi connectivity index (χ0) is 16.8. The number of ether oxygens (including phenoxy) is 2. The second kappa shape index (κ2) is 7.68. The van der Waals surface area contributed by atoms with Crippen LogP contribution >= 0.6 is 0 Å². The molecule has 0 aromatic heterocycles. The van der Waals surface area contributed by atoms with Crippen molar-refractivity contribution in [1.29, 1.82) is 0 Å². The average molecular weight is 313 g/mol. The molecule has 0 saturated carbocycles. The second-order valence-electron chi connectivity index (χ2n) is 5.50. The standard InChI is InChI=1S/C19H23NO3/c1-5-18(23-16-9-7-15(22-4)8-10-16)19(21)20-17-11-6-13(2)12-14(17)3/h6-12,18H,5H2,1-4H3,(H,20,21)/t18-/m0/s1. The molecule has 0 radical (unpaired) electrons. The number of rotatable bonds is 6. The van der Waals surface area contributed by atoms with Gasteiger partial charge in [-0.3, -0.25) is 4.79 Å². The molecular weight excluding hydrogens is 290 g/mol. The van der Waals surface area contributed by atoms with Crippen LogP contribution in [-0.4, -0.2) is 19.1 Å². The maximum Gasteiger partial charge on any atom is 0.265 e. The van der Waals surface area contributed by atoms with Gasteiger partial charge in [0, 0.05) is 5.69 Å². The summed E-state index contributed by atoms with van der Waals surface area (Å²) in [5.74, 6) is 1.26. The lowest BCUT2D eigenvalue weighted by atomic mass is 10.1. The van der Waals surface area contributed by atoms with Gasteiger partial charge in [0.05, 0.1) is 7.11 Å². The molecule has 2 rings (SSSR count). The fourth-order valence-corrected chi connectivity index (χ4v) is 2.31. The smallest absolute Gasteiger partial charge is 0.265 e. The fourth-order valence-electron chi connectivity index (χ4n) is 2.31. The third kappa shape index (κ3) is 4.49. The van der Waals surface area contributed by atoms with Gasteiger partial charge in [0.15, 0.2) is 6.10 Å². The first-order chi connectivity index (χ1) is 11.0. The highest BCUT2D eigenvalue weighted by molar-refractivity contribution is 5.95. The number of benzene rings is 2. The van der Waals surface area contributed by atoms with Gasteiger partial charge < -0.3 is 14.8 Å². The van der Waals surface area contributed by atoms with E-state index in [0.29, 0.717) is 12.2 Å². The van der Waals surface area contributed by atoms with Gasteiger partial charge in [-0.05, 0) is 56.2 Å². The molecule has 1 amide bonds. The first-order valence-electron chi connectivity index (χ1n) is 7.72. The molecule has 1 N–H and O–H groups in total. The van der Waals surface area contributed by atoms with E-state index < -0.39 is 6.10 Å². The van der Waals surface area contributed by atoms with Gasteiger partial charge in [-0.25, -0.2) is 0 Å². The van der Waals surface area contributed by atoms with Crippen LogP contribution in [0.15, 0.2) is 42.5 Å². The minimum absolute atomic E-state index is 0.143. The maximum atomic E-state index is 12.4. The van der Waals surface area contributed by atoms with Gasteiger partial charge in [-0.2, -0.15) is 0 Å². The van der Waals surface area contributed by atoms with E-state index in [0.717, 1.165) is 17.0 Å². The minimum atomic E-state index is -0.538. The molecule has 0 saturated heterocycles. The van der Waals surface area contributed by atoms with Crippen molar-refractivity contribution < 1.29 is 14.3 Å². The molecule has 2 aromatic rings. The Morgan fingerprint density at radius 1 is 1.09 bits per heavy atom.